The van der Waals surface area contributed by atoms with E-state index < -0.39 is 23.3 Å². The lowest BCUT2D eigenvalue weighted by Crippen LogP contribution is -2.31. The Bertz CT molecular complexity index is 906. The van der Waals surface area contributed by atoms with Gasteiger partial charge in [-0.3, -0.25) is 4.79 Å². The lowest BCUT2D eigenvalue weighted by molar-refractivity contribution is -0.141. The molecule has 2 aromatic rings. The summed E-state index contributed by atoms with van der Waals surface area (Å²) >= 11 is 0. The third kappa shape index (κ3) is 5.65. The molecule has 0 bridgehead atoms. The topological polar surface area (TPSA) is 84.6 Å². The van der Waals surface area contributed by atoms with E-state index in [1.165, 1.54) is 12.1 Å². The van der Waals surface area contributed by atoms with Crippen LogP contribution in [0.15, 0.2) is 42.5 Å². The van der Waals surface area contributed by atoms with Crippen LogP contribution in [0.5, 0.6) is 0 Å². The van der Waals surface area contributed by atoms with Crippen LogP contribution in [0.25, 0.3) is 0 Å². The Morgan fingerprint density at radius 1 is 1.23 bits per heavy atom. The van der Waals surface area contributed by atoms with Gasteiger partial charge in [-0.15, -0.1) is 0 Å². The van der Waals surface area contributed by atoms with Crippen molar-refractivity contribution >= 4 is 5.97 Å². The number of nitrogens with zero attached hydrogens (tertiary/aromatic N) is 2. The number of hydrogen-bond acceptors (Lipinski definition) is 4. The summed E-state index contributed by atoms with van der Waals surface area (Å²) in [5, 5.41) is 30.7. The van der Waals surface area contributed by atoms with E-state index in [2.05, 4.69) is 6.07 Å². The number of nitriles is 1. The van der Waals surface area contributed by atoms with Gasteiger partial charge in [-0.05, 0) is 87.3 Å². The average Bonchev–Trinajstić information content (AvgIpc) is 2.71. The molecule has 0 heterocycles. The molecular weight excluding hydrogens is 383 g/mol. The minimum atomic E-state index is -1.43. The number of carbonyl (C=O) groups is 1. The van der Waals surface area contributed by atoms with E-state index >= 15 is 0 Å². The molecule has 0 aliphatic heterocycles. The van der Waals surface area contributed by atoms with E-state index in [9.17, 15) is 24.7 Å². The first kappa shape index (κ1) is 23.5. The molecular formula is C24H29FN2O3. The van der Waals surface area contributed by atoms with Crippen LogP contribution in [0.3, 0.4) is 0 Å². The number of aliphatic carboxylic acids is 1. The van der Waals surface area contributed by atoms with Crippen molar-refractivity contribution in [3.8, 4) is 6.07 Å². The molecule has 0 aromatic heterocycles. The van der Waals surface area contributed by atoms with Crippen LogP contribution in [0.4, 0.5) is 4.39 Å². The van der Waals surface area contributed by atoms with Crippen molar-refractivity contribution in [2.75, 3.05) is 20.6 Å². The molecule has 2 aromatic carbocycles. The number of benzene rings is 2. The van der Waals surface area contributed by atoms with Crippen molar-refractivity contribution in [1.82, 2.24) is 4.90 Å². The molecule has 2 unspecified atom stereocenters. The second kappa shape index (κ2) is 10.3. The van der Waals surface area contributed by atoms with Gasteiger partial charge >= 0.3 is 5.97 Å². The molecule has 0 saturated carbocycles. The number of rotatable bonds is 10. The highest BCUT2D eigenvalue weighted by molar-refractivity contribution is 5.70. The Balaban J connectivity index is 2.59. The fraction of sp³-hybridized carbons (Fsp3) is 0.417. The zero-order valence-electron chi connectivity index (χ0n) is 17.7. The molecule has 0 saturated heterocycles. The molecule has 0 aliphatic carbocycles. The predicted molar refractivity (Wildman–Crippen MR) is 113 cm³/mol. The van der Waals surface area contributed by atoms with Crippen molar-refractivity contribution in [3.63, 3.8) is 0 Å². The van der Waals surface area contributed by atoms with Crippen LogP contribution in [0.2, 0.25) is 0 Å². The van der Waals surface area contributed by atoms with E-state index in [4.69, 9.17) is 0 Å². The smallest absolute Gasteiger partial charge is 0.306 e. The summed E-state index contributed by atoms with van der Waals surface area (Å²) in [6.45, 7) is 2.55. The highest BCUT2D eigenvalue weighted by atomic mass is 19.1. The van der Waals surface area contributed by atoms with Gasteiger partial charge in [0.1, 0.15) is 11.4 Å². The third-order valence-electron chi connectivity index (χ3n) is 5.45. The normalized spacial score (nSPS) is 14.2. The maximum Gasteiger partial charge on any atom is 0.306 e. The van der Waals surface area contributed by atoms with Gasteiger partial charge in [0.15, 0.2) is 0 Å². The fourth-order valence-electron chi connectivity index (χ4n) is 3.72. The van der Waals surface area contributed by atoms with Crippen LogP contribution in [-0.2, 0) is 16.8 Å². The van der Waals surface area contributed by atoms with E-state index in [-0.39, 0.29) is 6.42 Å². The molecule has 2 atom stereocenters. The molecule has 0 spiro atoms. The zero-order chi connectivity index (χ0) is 22.3. The summed E-state index contributed by atoms with van der Waals surface area (Å²) in [6, 6.07) is 12.8. The third-order valence-corrected chi connectivity index (χ3v) is 5.45. The second-order valence-electron chi connectivity index (χ2n) is 7.91. The Hall–Kier alpha value is -2.75. The molecule has 0 amide bonds. The van der Waals surface area contributed by atoms with Crippen molar-refractivity contribution in [2.45, 2.75) is 38.2 Å². The highest BCUT2D eigenvalue weighted by Crippen LogP contribution is 2.37. The second-order valence-corrected chi connectivity index (χ2v) is 7.91. The molecule has 6 heteroatoms. The number of halogens is 1. The number of carboxylic acids is 1. The van der Waals surface area contributed by atoms with Crippen molar-refractivity contribution in [1.29, 1.82) is 5.26 Å². The van der Waals surface area contributed by atoms with Gasteiger partial charge in [0, 0.05) is 0 Å². The van der Waals surface area contributed by atoms with Crippen LogP contribution in [0, 0.1) is 23.1 Å². The van der Waals surface area contributed by atoms with Crippen molar-refractivity contribution < 1.29 is 19.4 Å². The maximum absolute atomic E-state index is 13.5. The Morgan fingerprint density at radius 3 is 2.43 bits per heavy atom. The number of carboxylic acid groups (broad SMARTS) is 1. The minimum Gasteiger partial charge on any atom is -0.481 e. The Labute approximate surface area is 177 Å². The monoisotopic (exact) mass is 412 g/mol. The maximum atomic E-state index is 13.5. The molecule has 5 nitrogen and oxygen atoms in total. The van der Waals surface area contributed by atoms with Gasteiger partial charge in [0.2, 0.25) is 0 Å². The lowest BCUT2D eigenvalue weighted by atomic mass is 9.78. The highest BCUT2D eigenvalue weighted by Gasteiger charge is 2.34. The lowest BCUT2D eigenvalue weighted by Gasteiger charge is -2.32. The largest absolute Gasteiger partial charge is 0.481 e. The number of aliphatic hydroxyl groups is 1. The van der Waals surface area contributed by atoms with E-state index in [0.29, 0.717) is 41.5 Å². The van der Waals surface area contributed by atoms with Gasteiger partial charge in [-0.25, -0.2) is 4.39 Å². The van der Waals surface area contributed by atoms with E-state index in [0.717, 1.165) is 6.54 Å². The molecule has 0 aliphatic rings. The molecule has 2 rings (SSSR count). The van der Waals surface area contributed by atoms with Crippen LogP contribution >= 0.6 is 0 Å². The van der Waals surface area contributed by atoms with Gasteiger partial charge < -0.3 is 15.1 Å². The summed E-state index contributed by atoms with van der Waals surface area (Å²) in [7, 11) is 3.89. The fourth-order valence-corrected chi connectivity index (χ4v) is 3.72. The first-order valence-corrected chi connectivity index (χ1v) is 10.1. The standard InChI is InChI=1S/C24H29FN2O3/c1-4-18(23(28)29)15-19-14-17(16-26)6-11-22(19)24(30,12-5-13-27(2)3)20-7-9-21(25)10-8-20/h6-11,14,18,30H,4-5,12-13,15H2,1-3H3,(H,28,29). The van der Waals surface area contributed by atoms with Crippen molar-refractivity contribution in [3.05, 3.63) is 70.5 Å². The predicted octanol–water partition coefficient (Wildman–Crippen LogP) is 3.93. The molecule has 30 heavy (non-hydrogen) atoms. The average molecular weight is 413 g/mol. The summed E-state index contributed by atoms with van der Waals surface area (Å²) in [4.78, 5) is 13.6. The van der Waals surface area contributed by atoms with E-state index in [1.807, 2.05) is 19.0 Å². The van der Waals surface area contributed by atoms with Crippen LogP contribution < -0.4 is 0 Å². The zero-order valence-corrected chi connectivity index (χ0v) is 17.7. The van der Waals surface area contributed by atoms with Crippen LogP contribution in [0.1, 0.15) is 48.4 Å². The van der Waals surface area contributed by atoms with E-state index in [1.54, 1.807) is 37.3 Å². The first-order chi connectivity index (χ1) is 14.2. The first-order valence-electron chi connectivity index (χ1n) is 10.1. The molecule has 2 N–H and O–H groups in total. The quantitative estimate of drug-likeness (QED) is 0.618. The molecule has 0 radical (unpaired) electrons. The molecule has 0 fully saturated rings. The van der Waals surface area contributed by atoms with Gasteiger partial charge in [-0.2, -0.15) is 5.26 Å². The number of hydrogen-bond donors (Lipinski definition) is 2. The van der Waals surface area contributed by atoms with Gasteiger partial charge in [-0.1, -0.05) is 25.1 Å². The summed E-state index contributed by atoms with van der Waals surface area (Å²) in [6.07, 6.45) is 1.69. The SMILES string of the molecule is CCC(Cc1cc(C#N)ccc1C(O)(CCCN(C)C)c1ccc(F)cc1)C(=O)O. The summed E-state index contributed by atoms with van der Waals surface area (Å²) in [5.74, 6) is -1.94. The van der Waals surface area contributed by atoms with Gasteiger partial charge in [0.25, 0.3) is 0 Å². The Morgan fingerprint density at radius 2 is 1.90 bits per heavy atom. The van der Waals surface area contributed by atoms with Crippen molar-refractivity contribution in [2.24, 2.45) is 5.92 Å². The van der Waals surface area contributed by atoms with Crippen LogP contribution in [-0.4, -0.2) is 41.7 Å². The molecule has 160 valence electrons. The summed E-state index contributed by atoms with van der Waals surface area (Å²) < 4.78 is 13.5. The summed E-state index contributed by atoms with van der Waals surface area (Å²) in [5.41, 5.74) is 0.705. The van der Waals surface area contributed by atoms with Gasteiger partial charge in [0.05, 0.1) is 17.6 Å². The minimum absolute atomic E-state index is 0.202. The Kier molecular flexibility index (Phi) is 8.10.